The Morgan fingerprint density at radius 1 is 0.833 bits per heavy atom. The maximum atomic E-state index is 13.2. The van der Waals surface area contributed by atoms with E-state index in [1.54, 1.807) is 0 Å². The van der Waals surface area contributed by atoms with Gasteiger partial charge >= 0.3 is 5.97 Å². The van der Waals surface area contributed by atoms with Crippen molar-refractivity contribution in [1.82, 2.24) is 16.0 Å². The minimum atomic E-state index is -1.12. The highest BCUT2D eigenvalue weighted by atomic mass is 32.2. The van der Waals surface area contributed by atoms with Gasteiger partial charge in [-0.15, -0.1) is 0 Å². The summed E-state index contributed by atoms with van der Waals surface area (Å²) in [6, 6.07) is 5.68. The SMILES string of the molecule is CSCCC(NC(=O)C(CC(C)C)NC(=O)C(CC(C)C)NC(=O)C(N)Cc1ccccc1)C(=O)O. The van der Waals surface area contributed by atoms with Crippen molar-refractivity contribution in [1.29, 1.82) is 0 Å². The summed E-state index contributed by atoms with van der Waals surface area (Å²) in [5.41, 5.74) is 7.01. The molecule has 1 aromatic carbocycles. The van der Waals surface area contributed by atoms with Gasteiger partial charge in [-0.05, 0) is 55.1 Å². The van der Waals surface area contributed by atoms with Gasteiger partial charge in [-0.1, -0.05) is 58.0 Å². The molecule has 0 spiro atoms. The third-order valence-electron chi connectivity index (χ3n) is 5.54. The van der Waals surface area contributed by atoms with Crippen molar-refractivity contribution in [2.24, 2.45) is 17.6 Å². The van der Waals surface area contributed by atoms with Gasteiger partial charge in [0, 0.05) is 0 Å². The number of hydrogen-bond acceptors (Lipinski definition) is 6. The smallest absolute Gasteiger partial charge is 0.326 e. The van der Waals surface area contributed by atoms with E-state index in [-0.39, 0.29) is 18.3 Å². The quantitative estimate of drug-likeness (QED) is 0.223. The number of benzene rings is 1. The van der Waals surface area contributed by atoms with Crippen LogP contribution in [0.25, 0.3) is 0 Å². The molecule has 1 aromatic rings. The Kier molecular flexibility index (Phi) is 14.2. The molecule has 6 N–H and O–H groups in total. The highest BCUT2D eigenvalue weighted by Crippen LogP contribution is 2.11. The van der Waals surface area contributed by atoms with Crippen molar-refractivity contribution >= 4 is 35.5 Å². The number of carbonyl (C=O) groups excluding carboxylic acids is 3. The molecule has 1 rings (SSSR count). The number of amides is 3. The summed E-state index contributed by atoms with van der Waals surface area (Å²) in [5, 5.41) is 17.5. The van der Waals surface area contributed by atoms with Crippen LogP contribution < -0.4 is 21.7 Å². The van der Waals surface area contributed by atoms with Crippen LogP contribution in [0.5, 0.6) is 0 Å². The van der Waals surface area contributed by atoms with Crippen LogP contribution in [0, 0.1) is 11.8 Å². The number of nitrogens with two attached hydrogens (primary N) is 1. The Hall–Kier alpha value is -2.59. The number of carboxylic acid groups (broad SMARTS) is 1. The second-order valence-corrected chi connectivity index (χ2v) is 10.8. The van der Waals surface area contributed by atoms with Gasteiger partial charge in [-0.3, -0.25) is 14.4 Å². The second kappa shape index (κ2) is 16.2. The van der Waals surface area contributed by atoms with Crippen LogP contribution in [0.15, 0.2) is 30.3 Å². The number of carboxylic acids is 1. The lowest BCUT2D eigenvalue weighted by molar-refractivity contribution is -0.142. The molecule has 0 aliphatic heterocycles. The van der Waals surface area contributed by atoms with Crippen molar-refractivity contribution in [2.45, 2.75) is 77.5 Å². The molecule has 0 heterocycles. The normalized spacial score (nSPS) is 14.6. The molecule has 10 heteroatoms. The molecule has 0 aliphatic rings. The zero-order valence-electron chi connectivity index (χ0n) is 22.0. The summed E-state index contributed by atoms with van der Waals surface area (Å²) in [5.74, 6) is -1.90. The standard InChI is InChI=1S/C26H42N4O5S/c1-16(2)13-21(29-23(31)19(27)15-18-9-7-6-8-10-18)25(33)30-22(14-17(3)4)24(32)28-20(26(34)35)11-12-36-5/h6-10,16-17,19-22H,11-15,27H2,1-5H3,(H,28,32)(H,29,31)(H,30,33)(H,34,35). The molecule has 4 unspecified atom stereocenters. The van der Waals surface area contributed by atoms with E-state index in [1.807, 2.05) is 64.3 Å². The maximum Gasteiger partial charge on any atom is 0.326 e. The van der Waals surface area contributed by atoms with Crippen molar-refractivity contribution in [3.8, 4) is 0 Å². The third-order valence-corrected chi connectivity index (χ3v) is 6.18. The average molecular weight is 523 g/mol. The number of thioether (sulfide) groups is 1. The van der Waals surface area contributed by atoms with E-state index in [2.05, 4.69) is 16.0 Å². The summed E-state index contributed by atoms with van der Waals surface area (Å²) < 4.78 is 0. The largest absolute Gasteiger partial charge is 0.480 e. The zero-order valence-corrected chi connectivity index (χ0v) is 22.8. The van der Waals surface area contributed by atoms with E-state index in [1.165, 1.54) is 11.8 Å². The van der Waals surface area contributed by atoms with Gasteiger partial charge in [0.2, 0.25) is 17.7 Å². The van der Waals surface area contributed by atoms with Gasteiger partial charge in [-0.25, -0.2) is 4.79 Å². The van der Waals surface area contributed by atoms with Crippen molar-refractivity contribution < 1.29 is 24.3 Å². The number of rotatable bonds is 16. The lowest BCUT2D eigenvalue weighted by atomic mass is 9.99. The van der Waals surface area contributed by atoms with Crippen molar-refractivity contribution in [3.05, 3.63) is 35.9 Å². The molecule has 9 nitrogen and oxygen atoms in total. The van der Waals surface area contributed by atoms with E-state index in [0.717, 1.165) is 5.56 Å². The van der Waals surface area contributed by atoms with Gasteiger partial charge in [-0.2, -0.15) is 11.8 Å². The molecule has 36 heavy (non-hydrogen) atoms. The van der Waals surface area contributed by atoms with Crippen LogP contribution in [-0.4, -0.2) is 65.0 Å². The van der Waals surface area contributed by atoms with Gasteiger partial charge in [0.1, 0.15) is 18.1 Å². The monoisotopic (exact) mass is 522 g/mol. The van der Waals surface area contributed by atoms with Crippen molar-refractivity contribution in [3.63, 3.8) is 0 Å². The topological polar surface area (TPSA) is 151 Å². The maximum absolute atomic E-state index is 13.2. The Bertz CT molecular complexity index is 850. The van der Waals surface area contributed by atoms with Crippen LogP contribution in [0.3, 0.4) is 0 Å². The van der Waals surface area contributed by atoms with E-state index >= 15 is 0 Å². The summed E-state index contributed by atoms with van der Waals surface area (Å²) in [7, 11) is 0. The lowest BCUT2D eigenvalue weighted by Gasteiger charge is -2.27. The Morgan fingerprint density at radius 2 is 1.31 bits per heavy atom. The number of carbonyl (C=O) groups is 4. The minimum Gasteiger partial charge on any atom is -0.480 e. The van der Waals surface area contributed by atoms with Crippen LogP contribution in [0.4, 0.5) is 0 Å². The Labute approximate surface area is 218 Å². The van der Waals surface area contributed by atoms with Crippen LogP contribution >= 0.6 is 11.8 Å². The molecule has 0 saturated heterocycles. The Balaban J connectivity index is 2.94. The van der Waals surface area contributed by atoms with Crippen molar-refractivity contribution in [2.75, 3.05) is 12.0 Å². The molecule has 0 aliphatic carbocycles. The minimum absolute atomic E-state index is 0.0629. The first-order valence-corrected chi connectivity index (χ1v) is 13.8. The molecular formula is C26H42N4O5S. The molecule has 4 atom stereocenters. The highest BCUT2D eigenvalue weighted by Gasteiger charge is 2.31. The number of aliphatic carboxylic acids is 1. The van der Waals surface area contributed by atoms with Gasteiger partial charge in [0.25, 0.3) is 0 Å². The molecule has 0 radical (unpaired) electrons. The fourth-order valence-corrected chi connectivity index (χ4v) is 4.15. The van der Waals surface area contributed by atoms with E-state index in [9.17, 15) is 24.3 Å². The molecular weight excluding hydrogens is 480 g/mol. The first kappa shape index (κ1) is 31.4. The first-order valence-electron chi connectivity index (χ1n) is 12.4. The second-order valence-electron chi connectivity index (χ2n) is 9.86. The summed E-state index contributed by atoms with van der Waals surface area (Å²) in [6.45, 7) is 7.67. The summed E-state index contributed by atoms with van der Waals surface area (Å²) >= 11 is 1.49. The van der Waals surface area contributed by atoms with Gasteiger partial charge in [0.05, 0.1) is 6.04 Å². The molecule has 0 aromatic heterocycles. The van der Waals surface area contributed by atoms with Crippen LogP contribution in [-0.2, 0) is 25.6 Å². The molecule has 0 fully saturated rings. The summed E-state index contributed by atoms with van der Waals surface area (Å²) in [4.78, 5) is 50.6. The van der Waals surface area contributed by atoms with Crippen LogP contribution in [0.1, 0.15) is 52.5 Å². The predicted octanol–water partition coefficient (Wildman–Crippen LogP) is 1.94. The van der Waals surface area contributed by atoms with Crippen LogP contribution in [0.2, 0.25) is 0 Å². The molecule has 202 valence electrons. The lowest BCUT2D eigenvalue weighted by Crippen LogP contribution is -2.57. The molecule has 0 saturated carbocycles. The molecule has 3 amide bonds. The number of nitrogens with one attached hydrogen (secondary N) is 3. The highest BCUT2D eigenvalue weighted by molar-refractivity contribution is 7.98. The average Bonchev–Trinajstić information content (AvgIpc) is 2.80. The van der Waals surface area contributed by atoms with E-state index in [0.29, 0.717) is 25.0 Å². The third kappa shape index (κ3) is 11.9. The Morgan fingerprint density at radius 3 is 1.75 bits per heavy atom. The van der Waals surface area contributed by atoms with E-state index < -0.39 is 47.9 Å². The first-order chi connectivity index (χ1) is 16.9. The fourth-order valence-electron chi connectivity index (χ4n) is 3.68. The number of hydrogen-bond donors (Lipinski definition) is 5. The van der Waals surface area contributed by atoms with Gasteiger partial charge < -0.3 is 26.8 Å². The van der Waals surface area contributed by atoms with Gasteiger partial charge in [0.15, 0.2) is 0 Å². The fraction of sp³-hybridized carbons (Fsp3) is 0.615. The zero-order chi connectivity index (χ0) is 27.3. The predicted molar refractivity (Wildman–Crippen MR) is 143 cm³/mol. The summed E-state index contributed by atoms with van der Waals surface area (Å²) in [6.07, 6.45) is 3.14. The molecule has 0 bridgehead atoms. The van der Waals surface area contributed by atoms with E-state index in [4.69, 9.17) is 5.73 Å².